The zero-order valence-electron chi connectivity index (χ0n) is 12.4. The first-order valence-electron chi connectivity index (χ1n) is 7.24. The average Bonchev–Trinajstić information content (AvgIpc) is 3.03. The van der Waals surface area contributed by atoms with E-state index < -0.39 is 0 Å². The number of hydrogen-bond acceptors (Lipinski definition) is 5. The van der Waals surface area contributed by atoms with Gasteiger partial charge in [0.1, 0.15) is 0 Å². The maximum atomic E-state index is 11.6. The molecule has 0 radical (unpaired) electrons. The van der Waals surface area contributed by atoms with Gasteiger partial charge in [-0.3, -0.25) is 0 Å². The van der Waals surface area contributed by atoms with E-state index in [1.54, 1.807) is 16.2 Å². The van der Waals surface area contributed by atoms with Crippen molar-refractivity contribution in [1.29, 1.82) is 0 Å². The van der Waals surface area contributed by atoms with Crippen molar-refractivity contribution in [3.8, 4) is 0 Å². The molecule has 1 atom stereocenters. The summed E-state index contributed by atoms with van der Waals surface area (Å²) >= 11 is 1.78. The monoisotopic (exact) mass is 297 g/mol. The second-order valence-corrected chi connectivity index (χ2v) is 6.15. The largest absolute Gasteiger partial charge is 0.450 e. The maximum Gasteiger partial charge on any atom is 0.409 e. The van der Waals surface area contributed by atoms with Gasteiger partial charge in [-0.2, -0.15) is 0 Å². The molecule has 1 aromatic rings. The van der Waals surface area contributed by atoms with Crippen LogP contribution in [0.3, 0.4) is 0 Å². The molecule has 0 aliphatic carbocycles. The summed E-state index contributed by atoms with van der Waals surface area (Å²) in [6.45, 7) is 8.81. The van der Waals surface area contributed by atoms with Crippen molar-refractivity contribution in [1.82, 2.24) is 15.2 Å². The molecule has 1 fully saturated rings. The fraction of sp³-hybridized carbons (Fsp3) is 0.714. The minimum absolute atomic E-state index is 0.195. The molecular formula is C14H23N3O2S. The summed E-state index contributed by atoms with van der Waals surface area (Å²) in [5.41, 5.74) is 1.12. The van der Waals surface area contributed by atoms with E-state index in [0.717, 1.165) is 38.2 Å². The normalized spacial score (nSPS) is 18.6. The summed E-state index contributed by atoms with van der Waals surface area (Å²) in [4.78, 5) is 19.2. The van der Waals surface area contributed by atoms with Crippen molar-refractivity contribution >= 4 is 17.4 Å². The minimum Gasteiger partial charge on any atom is -0.450 e. The van der Waals surface area contributed by atoms with E-state index in [1.807, 2.05) is 6.92 Å². The minimum atomic E-state index is -0.195. The number of aromatic nitrogens is 1. The number of nitrogens with one attached hydrogen (secondary N) is 1. The summed E-state index contributed by atoms with van der Waals surface area (Å²) in [5.74, 6) is 0. The van der Waals surface area contributed by atoms with Crippen molar-refractivity contribution in [3.05, 3.63) is 15.6 Å². The number of nitrogens with zero attached hydrogens (tertiary/aromatic N) is 2. The molecule has 0 bridgehead atoms. The fourth-order valence-electron chi connectivity index (χ4n) is 2.35. The van der Waals surface area contributed by atoms with E-state index in [-0.39, 0.29) is 6.09 Å². The number of rotatable bonds is 5. The van der Waals surface area contributed by atoms with Crippen LogP contribution in [0.2, 0.25) is 0 Å². The lowest BCUT2D eigenvalue weighted by atomic mass is 10.2. The molecule has 20 heavy (non-hydrogen) atoms. The highest BCUT2D eigenvalue weighted by molar-refractivity contribution is 7.11. The predicted octanol–water partition coefficient (Wildman–Crippen LogP) is 2.33. The van der Waals surface area contributed by atoms with Gasteiger partial charge in [-0.1, -0.05) is 6.92 Å². The van der Waals surface area contributed by atoms with Crippen molar-refractivity contribution in [2.24, 2.45) is 0 Å². The van der Waals surface area contributed by atoms with Gasteiger partial charge in [-0.05, 0) is 26.7 Å². The lowest BCUT2D eigenvalue weighted by molar-refractivity contribution is 0.115. The quantitative estimate of drug-likeness (QED) is 0.906. The molecule has 1 aromatic heterocycles. The molecule has 6 heteroatoms. The Bertz CT molecular complexity index is 461. The van der Waals surface area contributed by atoms with Crippen LogP contribution < -0.4 is 5.32 Å². The highest BCUT2D eigenvalue weighted by atomic mass is 32.1. The number of carbonyl (C=O) groups excluding carboxylic acids is 1. The van der Waals surface area contributed by atoms with Gasteiger partial charge in [0, 0.05) is 30.6 Å². The Balaban J connectivity index is 1.80. The van der Waals surface area contributed by atoms with Crippen molar-refractivity contribution in [2.45, 2.75) is 46.2 Å². The van der Waals surface area contributed by atoms with Gasteiger partial charge in [0.15, 0.2) is 0 Å². The van der Waals surface area contributed by atoms with Crippen LogP contribution in [0.4, 0.5) is 4.79 Å². The number of ether oxygens (including phenoxy) is 1. The van der Waals surface area contributed by atoms with Gasteiger partial charge < -0.3 is 15.0 Å². The molecule has 1 amide bonds. The molecule has 1 aliphatic rings. The first kappa shape index (κ1) is 15.3. The molecule has 0 aromatic carbocycles. The van der Waals surface area contributed by atoms with E-state index in [9.17, 15) is 4.79 Å². The number of thiazole rings is 1. The number of hydrogen-bond donors (Lipinski definition) is 1. The van der Waals surface area contributed by atoms with E-state index >= 15 is 0 Å². The van der Waals surface area contributed by atoms with Crippen LogP contribution >= 0.6 is 11.3 Å². The average molecular weight is 297 g/mol. The second kappa shape index (κ2) is 7.04. The summed E-state index contributed by atoms with van der Waals surface area (Å²) in [5, 5.41) is 4.72. The molecule has 112 valence electrons. The Morgan fingerprint density at radius 3 is 3.00 bits per heavy atom. The van der Waals surface area contributed by atoms with E-state index in [4.69, 9.17) is 4.74 Å². The van der Waals surface area contributed by atoms with Crippen molar-refractivity contribution in [3.63, 3.8) is 0 Å². The molecule has 2 rings (SSSR count). The number of amides is 1. The zero-order valence-corrected chi connectivity index (χ0v) is 13.3. The SMILES string of the molecule is CCOC(=O)N1CC[C@H](NCc2sc(CC)nc2C)C1. The first-order chi connectivity index (χ1) is 9.63. The highest BCUT2D eigenvalue weighted by Gasteiger charge is 2.26. The molecule has 2 heterocycles. The Morgan fingerprint density at radius 1 is 1.55 bits per heavy atom. The van der Waals surface area contributed by atoms with Gasteiger partial charge in [0.2, 0.25) is 0 Å². The van der Waals surface area contributed by atoms with Gasteiger partial charge >= 0.3 is 6.09 Å². The van der Waals surface area contributed by atoms with Crippen LogP contribution in [0.5, 0.6) is 0 Å². The third-order valence-corrected chi connectivity index (χ3v) is 4.81. The van der Waals surface area contributed by atoms with Gasteiger partial charge in [0.25, 0.3) is 0 Å². The van der Waals surface area contributed by atoms with Gasteiger partial charge in [0.05, 0.1) is 17.3 Å². The third kappa shape index (κ3) is 3.70. The Labute approximate surface area is 124 Å². The Kier molecular flexibility index (Phi) is 5.37. The highest BCUT2D eigenvalue weighted by Crippen LogP contribution is 2.19. The number of likely N-dealkylation sites (tertiary alicyclic amines) is 1. The topological polar surface area (TPSA) is 54.5 Å². The third-order valence-electron chi connectivity index (χ3n) is 3.50. The Hall–Kier alpha value is -1.14. The van der Waals surface area contributed by atoms with Crippen LogP contribution in [0.25, 0.3) is 0 Å². The molecule has 0 unspecified atom stereocenters. The summed E-state index contributed by atoms with van der Waals surface area (Å²) in [6, 6.07) is 0.353. The standard InChI is InChI=1S/C14H23N3O2S/c1-4-13-16-10(3)12(20-13)8-15-11-6-7-17(9-11)14(18)19-5-2/h11,15H,4-9H2,1-3H3/t11-/m0/s1. The van der Waals surface area contributed by atoms with Crippen molar-refractivity contribution in [2.75, 3.05) is 19.7 Å². The van der Waals surface area contributed by atoms with Gasteiger partial charge in [-0.25, -0.2) is 9.78 Å². The van der Waals surface area contributed by atoms with Crippen LogP contribution in [0.15, 0.2) is 0 Å². The van der Waals surface area contributed by atoms with Crippen LogP contribution in [-0.4, -0.2) is 41.7 Å². The molecule has 1 saturated heterocycles. The summed E-state index contributed by atoms with van der Waals surface area (Å²) < 4.78 is 5.03. The second-order valence-electron chi connectivity index (χ2n) is 4.98. The molecule has 1 N–H and O–H groups in total. The maximum absolute atomic E-state index is 11.6. The molecule has 0 spiro atoms. The molecule has 5 nitrogen and oxygen atoms in total. The van der Waals surface area contributed by atoms with Crippen LogP contribution in [-0.2, 0) is 17.7 Å². The predicted molar refractivity (Wildman–Crippen MR) is 80.1 cm³/mol. The van der Waals surface area contributed by atoms with Crippen LogP contribution in [0.1, 0.15) is 35.8 Å². The molecule has 1 aliphatic heterocycles. The fourth-order valence-corrected chi connectivity index (χ4v) is 3.31. The van der Waals surface area contributed by atoms with Gasteiger partial charge in [-0.15, -0.1) is 11.3 Å². The molecule has 0 saturated carbocycles. The summed E-state index contributed by atoms with van der Waals surface area (Å²) in [6.07, 6.45) is 1.78. The van der Waals surface area contributed by atoms with E-state index in [2.05, 4.69) is 24.1 Å². The molecular weight excluding hydrogens is 274 g/mol. The first-order valence-corrected chi connectivity index (χ1v) is 8.05. The van der Waals surface area contributed by atoms with Crippen molar-refractivity contribution < 1.29 is 9.53 Å². The number of carbonyl (C=O) groups is 1. The summed E-state index contributed by atoms with van der Waals surface area (Å²) in [7, 11) is 0. The van der Waals surface area contributed by atoms with E-state index in [1.165, 1.54) is 9.88 Å². The number of aryl methyl sites for hydroxylation is 2. The lowest BCUT2D eigenvalue weighted by Gasteiger charge is -2.16. The lowest BCUT2D eigenvalue weighted by Crippen LogP contribution is -2.35. The Morgan fingerprint density at radius 2 is 2.35 bits per heavy atom. The zero-order chi connectivity index (χ0) is 14.5. The van der Waals surface area contributed by atoms with E-state index in [0.29, 0.717) is 12.6 Å². The van der Waals surface area contributed by atoms with Crippen LogP contribution in [0, 0.1) is 6.92 Å². The smallest absolute Gasteiger partial charge is 0.409 e.